The molecule has 1 aliphatic heterocycles. The average Bonchev–Trinajstić information content (AvgIpc) is 2.48. The number of rotatable bonds is 5. The van der Waals surface area contributed by atoms with Crippen molar-refractivity contribution in [2.24, 2.45) is 11.7 Å². The molecule has 2 rings (SSSR count). The number of nitrogens with zero attached hydrogens (tertiary/aromatic N) is 2. The number of likely N-dealkylation sites (N-methyl/N-ethyl adjacent to an activating group) is 1. The average molecular weight is 281 g/mol. The third kappa shape index (κ3) is 3.75. The molecule has 20 heavy (non-hydrogen) atoms. The van der Waals surface area contributed by atoms with E-state index in [4.69, 9.17) is 5.73 Å². The molecule has 0 atom stereocenters. The maximum atomic E-state index is 6.21. The summed E-state index contributed by atoms with van der Waals surface area (Å²) in [6.07, 6.45) is 9.68. The Labute approximate surface area is 125 Å². The van der Waals surface area contributed by atoms with Gasteiger partial charge >= 0.3 is 0 Å². The molecule has 3 nitrogen and oxygen atoms in total. The Morgan fingerprint density at radius 1 is 1.15 bits per heavy atom. The molecule has 2 aliphatic rings. The molecule has 0 spiro atoms. The lowest BCUT2D eigenvalue weighted by Crippen LogP contribution is -2.59. The Hall–Kier alpha value is -0.120. The van der Waals surface area contributed by atoms with Crippen LogP contribution in [0.4, 0.5) is 0 Å². The van der Waals surface area contributed by atoms with Crippen molar-refractivity contribution in [1.29, 1.82) is 0 Å². The highest BCUT2D eigenvalue weighted by Crippen LogP contribution is 2.31. The largest absolute Gasteiger partial charge is 0.329 e. The zero-order valence-corrected chi connectivity index (χ0v) is 13.9. The van der Waals surface area contributed by atoms with Gasteiger partial charge in [0, 0.05) is 37.8 Å². The fourth-order valence-electron chi connectivity index (χ4n) is 4.15. The molecule has 0 aromatic rings. The van der Waals surface area contributed by atoms with Gasteiger partial charge in [-0.15, -0.1) is 0 Å². The van der Waals surface area contributed by atoms with E-state index in [1.54, 1.807) is 0 Å². The van der Waals surface area contributed by atoms with E-state index < -0.39 is 0 Å². The molecule has 1 heterocycles. The van der Waals surface area contributed by atoms with Crippen LogP contribution in [0.15, 0.2) is 0 Å². The minimum absolute atomic E-state index is 0.267. The summed E-state index contributed by atoms with van der Waals surface area (Å²) in [6, 6.07) is 0.675. The van der Waals surface area contributed by atoms with Crippen molar-refractivity contribution in [3.8, 4) is 0 Å². The van der Waals surface area contributed by atoms with E-state index in [0.717, 1.165) is 12.5 Å². The molecule has 0 aromatic carbocycles. The molecular formula is C17H35N3. The Morgan fingerprint density at radius 2 is 1.75 bits per heavy atom. The van der Waals surface area contributed by atoms with Crippen LogP contribution in [-0.4, -0.2) is 54.6 Å². The molecule has 1 saturated carbocycles. The molecule has 0 unspecified atom stereocenters. The number of piperidine rings is 1. The van der Waals surface area contributed by atoms with Crippen molar-refractivity contribution in [3.05, 3.63) is 0 Å². The number of hydrogen-bond donors (Lipinski definition) is 1. The molecule has 2 N–H and O–H groups in total. The standard InChI is InChI=1S/C17H35N3/c1-15(2)20-11-9-17(14-18,10-12-20)19(3)13-16-7-5-4-6-8-16/h15-16H,4-14,18H2,1-3H3. The molecule has 118 valence electrons. The zero-order chi connectivity index (χ0) is 14.6. The van der Waals surface area contributed by atoms with Crippen LogP contribution in [0.25, 0.3) is 0 Å². The van der Waals surface area contributed by atoms with Gasteiger partial charge in [-0.25, -0.2) is 0 Å². The van der Waals surface area contributed by atoms with Gasteiger partial charge in [0.15, 0.2) is 0 Å². The minimum Gasteiger partial charge on any atom is -0.329 e. The molecule has 0 amide bonds. The van der Waals surface area contributed by atoms with E-state index >= 15 is 0 Å². The highest BCUT2D eigenvalue weighted by Gasteiger charge is 2.38. The van der Waals surface area contributed by atoms with Crippen molar-refractivity contribution in [2.45, 2.75) is 70.4 Å². The van der Waals surface area contributed by atoms with Crippen molar-refractivity contribution >= 4 is 0 Å². The molecule has 0 radical (unpaired) electrons. The highest BCUT2D eigenvalue weighted by molar-refractivity contribution is 4.96. The SMILES string of the molecule is CC(C)N1CCC(CN)(N(C)CC2CCCCC2)CC1. The van der Waals surface area contributed by atoms with E-state index in [0.29, 0.717) is 6.04 Å². The van der Waals surface area contributed by atoms with Crippen molar-refractivity contribution in [3.63, 3.8) is 0 Å². The predicted molar refractivity (Wildman–Crippen MR) is 86.9 cm³/mol. The van der Waals surface area contributed by atoms with Crippen LogP contribution >= 0.6 is 0 Å². The first-order valence-corrected chi connectivity index (χ1v) is 8.73. The summed E-state index contributed by atoms with van der Waals surface area (Å²) in [5.74, 6) is 0.917. The first-order chi connectivity index (χ1) is 9.57. The van der Waals surface area contributed by atoms with Crippen LogP contribution in [0.5, 0.6) is 0 Å². The van der Waals surface area contributed by atoms with Crippen LogP contribution in [0.2, 0.25) is 0 Å². The highest BCUT2D eigenvalue weighted by atomic mass is 15.2. The summed E-state index contributed by atoms with van der Waals surface area (Å²) < 4.78 is 0. The normalized spacial score (nSPS) is 25.5. The molecule has 2 fully saturated rings. The third-order valence-corrected chi connectivity index (χ3v) is 5.91. The molecule has 3 heteroatoms. The van der Waals surface area contributed by atoms with E-state index in [1.165, 1.54) is 64.6 Å². The lowest BCUT2D eigenvalue weighted by atomic mass is 9.83. The van der Waals surface area contributed by atoms with E-state index in [-0.39, 0.29) is 5.54 Å². The van der Waals surface area contributed by atoms with Gasteiger partial charge in [0.1, 0.15) is 0 Å². The van der Waals surface area contributed by atoms with E-state index in [9.17, 15) is 0 Å². The van der Waals surface area contributed by atoms with Gasteiger partial charge in [-0.2, -0.15) is 0 Å². The lowest BCUT2D eigenvalue weighted by molar-refractivity contribution is 0.0222. The Balaban J connectivity index is 1.89. The van der Waals surface area contributed by atoms with Crippen molar-refractivity contribution in [2.75, 3.05) is 33.2 Å². The van der Waals surface area contributed by atoms with Gasteiger partial charge in [-0.05, 0) is 52.5 Å². The van der Waals surface area contributed by atoms with Crippen LogP contribution in [-0.2, 0) is 0 Å². The maximum absolute atomic E-state index is 6.21. The van der Waals surface area contributed by atoms with Gasteiger partial charge in [0.2, 0.25) is 0 Å². The molecule has 0 aromatic heterocycles. The monoisotopic (exact) mass is 281 g/mol. The molecular weight excluding hydrogens is 246 g/mol. The van der Waals surface area contributed by atoms with Crippen molar-refractivity contribution in [1.82, 2.24) is 9.80 Å². The first kappa shape index (κ1) is 16.3. The van der Waals surface area contributed by atoms with Gasteiger partial charge < -0.3 is 10.6 Å². The minimum atomic E-state index is 0.267. The van der Waals surface area contributed by atoms with Crippen LogP contribution in [0.3, 0.4) is 0 Å². The maximum Gasteiger partial charge on any atom is 0.0353 e. The van der Waals surface area contributed by atoms with Gasteiger partial charge in [-0.1, -0.05) is 19.3 Å². The molecule has 0 bridgehead atoms. The second-order valence-electron chi connectivity index (χ2n) is 7.44. The van der Waals surface area contributed by atoms with Gasteiger partial charge in [-0.3, -0.25) is 4.90 Å². The summed E-state index contributed by atoms with van der Waals surface area (Å²) in [4.78, 5) is 5.23. The number of nitrogens with two attached hydrogens (primary N) is 1. The van der Waals surface area contributed by atoms with E-state index in [1.807, 2.05) is 0 Å². The fraction of sp³-hybridized carbons (Fsp3) is 1.00. The Bertz CT molecular complexity index is 276. The van der Waals surface area contributed by atoms with Crippen LogP contribution in [0.1, 0.15) is 58.8 Å². The van der Waals surface area contributed by atoms with Crippen LogP contribution < -0.4 is 5.73 Å². The van der Waals surface area contributed by atoms with E-state index in [2.05, 4.69) is 30.7 Å². The third-order valence-electron chi connectivity index (χ3n) is 5.91. The second kappa shape index (κ2) is 7.24. The summed E-state index contributed by atoms with van der Waals surface area (Å²) in [5, 5.41) is 0. The Morgan fingerprint density at radius 3 is 2.25 bits per heavy atom. The van der Waals surface area contributed by atoms with Gasteiger partial charge in [0.05, 0.1) is 0 Å². The summed E-state index contributed by atoms with van der Waals surface area (Å²) in [6.45, 7) is 9.12. The lowest BCUT2D eigenvalue weighted by Gasteiger charge is -2.49. The van der Waals surface area contributed by atoms with Gasteiger partial charge in [0.25, 0.3) is 0 Å². The van der Waals surface area contributed by atoms with Crippen molar-refractivity contribution < 1.29 is 0 Å². The molecule has 1 saturated heterocycles. The summed E-state index contributed by atoms with van der Waals surface area (Å²) in [7, 11) is 2.33. The smallest absolute Gasteiger partial charge is 0.0353 e. The molecule has 1 aliphatic carbocycles. The number of likely N-dealkylation sites (tertiary alicyclic amines) is 1. The first-order valence-electron chi connectivity index (χ1n) is 8.73. The van der Waals surface area contributed by atoms with Crippen LogP contribution in [0, 0.1) is 5.92 Å². The zero-order valence-electron chi connectivity index (χ0n) is 13.9. The topological polar surface area (TPSA) is 32.5 Å². The Kier molecular flexibility index (Phi) is 5.88. The summed E-state index contributed by atoms with van der Waals surface area (Å²) >= 11 is 0. The summed E-state index contributed by atoms with van der Waals surface area (Å²) in [5.41, 5.74) is 6.47. The quantitative estimate of drug-likeness (QED) is 0.841. The fourth-order valence-corrected chi connectivity index (χ4v) is 4.15. The predicted octanol–water partition coefficient (Wildman–Crippen LogP) is 2.70. The number of hydrogen-bond acceptors (Lipinski definition) is 3. The second-order valence-corrected chi connectivity index (χ2v) is 7.44.